The Kier molecular flexibility index (Phi) is 9.64. The molecule has 0 aliphatic carbocycles. The molecule has 0 saturated heterocycles. The number of nitrogens with one attached hydrogen (secondary N) is 1. The van der Waals surface area contributed by atoms with Gasteiger partial charge in [-0.2, -0.15) is 0 Å². The van der Waals surface area contributed by atoms with E-state index in [0.29, 0.717) is 6.61 Å². The maximum absolute atomic E-state index is 12.2. The number of esters is 1. The third-order valence-electron chi connectivity index (χ3n) is 4.49. The summed E-state index contributed by atoms with van der Waals surface area (Å²) in [5.41, 5.74) is 0.275. The van der Waals surface area contributed by atoms with E-state index < -0.39 is 48.3 Å². The molecule has 9 heteroatoms. The Morgan fingerprint density at radius 2 is 1.88 bits per heavy atom. The van der Waals surface area contributed by atoms with Crippen LogP contribution in [0.5, 0.6) is 0 Å². The standard InChI is InChI=1S/C23H33NO8/c1-15(20(21(26)28-5)24-22(27)32-23(2,3)4)30-19-12-11-17(25)18(31-19)14-29-13-16-9-7-6-8-10-16/h6-12,15,17-20,25H,13-14H2,1-5H3,(H,24,27)/t15-,17+,18-,19+,20+/m1/s1. The number of ether oxygens (including phenoxy) is 5. The lowest BCUT2D eigenvalue weighted by molar-refractivity contribution is -0.206. The molecule has 1 aromatic carbocycles. The Balaban J connectivity index is 1.92. The summed E-state index contributed by atoms with van der Waals surface area (Å²) in [6.07, 6.45) is -0.876. The summed E-state index contributed by atoms with van der Waals surface area (Å²) >= 11 is 0. The molecule has 2 N–H and O–H groups in total. The van der Waals surface area contributed by atoms with Crippen LogP contribution in [0.4, 0.5) is 4.79 Å². The summed E-state index contributed by atoms with van der Waals surface area (Å²) in [7, 11) is 1.21. The molecule has 0 aromatic heterocycles. The van der Waals surface area contributed by atoms with Crippen LogP contribution in [0.1, 0.15) is 33.3 Å². The molecular formula is C23H33NO8. The minimum atomic E-state index is -1.12. The van der Waals surface area contributed by atoms with Crippen molar-refractivity contribution in [1.29, 1.82) is 0 Å². The van der Waals surface area contributed by atoms with Gasteiger partial charge in [-0.1, -0.05) is 36.4 Å². The van der Waals surface area contributed by atoms with Gasteiger partial charge in [-0.05, 0) is 39.3 Å². The number of amides is 1. The highest BCUT2D eigenvalue weighted by Gasteiger charge is 2.34. The summed E-state index contributed by atoms with van der Waals surface area (Å²) in [6.45, 7) is 7.26. The fraction of sp³-hybridized carbons (Fsp3) is 0.565. The molecule has 0 spiro atoms. The van der Waals surface area contributed by atoms with Crippen LogP contribution in [0.3, 0.4) is 0 Å². The number of hydrogen-bond donors (Lipinski definition) is 2. The molecule has 1 aliphatic rings. The smallest absolute Gasteiger partial charge is 0.408 e. The van der Waals surface area contributed by atoms with Crippen LogP contribution >= 0.6 is 0 Å². The Hall–Kier alpha value is -2.46. The number of alkyl carbamates (subject to hydrolysis) is 1. The lowest BCUT2D eigenvalue weighted by Gasteiger charge is -2.32. The zero-order chi connectivity index (χ0) is 23.7. The van der Waals surface area contributed by atoms with E-state index in [0.717, 1.165) is 5.56 Å². The molecule has 0 bridgehead atoms. The van der Waals surface area contributed by atoms with Crippen molar-refractivity contribution >= 4 is 12.1 Å². The number of carbonyl (C=O) groups is 2. The van der Waals surface area contributed by atoms with E-state index in [1.54, 1.807) is 33.8 Å². The summed E-state index contributed by atoms with van der Waals surface area (Å²) < 4.78 is 27.2. The van der Waals surface area contributed by atoms with Crippen LogP contribution < -0.4 is 5.32 Å². The predicted molar refractivity (Wildman–Crippen MR) is 116 cm³/mol. The summed E-state index contributed by atoms with van der Waals surface area (Å²) in [4.78, 5) is 24.3. The van der Waals surface area contributed by atoms with E-state index in [1.165, 1.54) is 13.2 Å². The summed E-state index contributed by atoms with van der Waals surface area (Å²) in [5.74, 6) is -0.689. The van der Waals surface area contributed by atoms with Crippen molar-refractivity contribution in [3.8, 4) is 0 Å². The van der Waals surface area contributed by atoms with Crippen LogP contribution in [-0.4, -0.2) is 67.1 Å². The first-order valence-electron chi connectivity index (χ1n) is 10.5. The first-order chi connectivity index (χ1) is 15.1. The number of carbonyl (C=O) groups excluding carboxylic acids is 2. The third-order valence-corrected chi connectivity index (χ3v) is 4.49. The lowest BCUT2D eigenvalue weighted by atomic mass is 10.1. The fourth-order valence-electron chi connectivity index (χ4n) is 2.93. The van der Waals surface area contributed by atoms with Gasteiger partial charge in [-0.25, -0.2) is 9.59 Å². The second-order valence-electron chi connectivity index (χ2n) is 8.41. The second-order valence-corrected chi connectivity index (χ2v) is 8.41. The molecular weight excluding hydrogens is 418 g/mol. The molecule has 1 amide bonds. The van der Waals surface area contributed by atoms with Crippen LogP contribution in [0.2, 0.25) is 0 Å². The van der Waals surface area contributed by atoms with Gasteiger partial charge in [0.05, 0.1) is 26.4 Å². The largest absolute Gasteiger partial charge is 0.467 e. The molecule has 0 unspecified atom stereocenters. The fourth-order valence-corrected chi connectivity index (χ4v) is 2.93. The summed E-state index contributed by atoms with van der Waals surface area (Å²) in [5, 5.41) is 12.7. The topological polar surface area (TPSA) is 113 Å². The highest BCUT2D eigenvalue weighted by atomic mass is 16.7. The minimum Gasteiger partial charge on any atom is -0.467 e. The van der Waals surface area contributed by atoms with Crippen molar-refractivity contribution in [2.45, 2.75) is 70.5 Å². The van der Waals surface area contributed by atoms with Gasteiger partial charge in [0.1, 0.15) is 17.8 Å². The lowest BCUT2D eigenvalue weighted by Crippen LogP contribution is -2.52. The number of rotatable bonds is 9. The Morgan fingerprint density at radius 1 is 1.19 bits per heavy atom. The van der Waals surface area contributed by atoms with E-state index in [4.69, 9.17) is 23.7 Å². The van der Waals surface area contributed by atoms with Crippen molar-refractivity contribution in [3.63, 3.8) is 0 Å². The molecule has 1 aromatic rings. The van der Waals surface area contributed by atoms with E-state index in [1.807, 2.05) is 30.3 Å². The first-order valence-corrected chi connectivity index (χ1v) is 10.5. The van der Waals surface area contributed by atoms with Crippen molar-refractivity contribution < 1.29 is 38.4 Å². The third kappa shape index (κ3) is 8.58. The van der Waals surface area contributed by atoms with E-state index in [9.17, 15) is 14.7 Å². The quantitative estimate of drug-likeness (QED) is 0.435. The van der Waals surface area contributed by atoms with Crippen LogP contribution in [0, 0.1) is 0 Å². The highest BCUT2D eigenvalue weighted by Crippen LogP contribution is 2.18. The number of hydrogen-bond acceptors (Lipinski definition) is 8. The Labute approximate surface area is 188 Å². The Morgan fingerprint density at radius 3 is 2.50 bits per heavy atom. The molecule has 0 saturated carbocycles. The second kappa shape index (κ2) is 12.0. The van der Waals surface area contributed by atoms with Gasteiger partial charge < -0.3 is 34.1 Å². The molecule has 2 rings (SSSR count). The van der Waals surface area contributed by atoms with Gasteiger partial charge in [-0.3, -0.25) is 0 Å². The van der Waals surface area contributed by atoms with Gasteiger partial charge >= 0.3 is 12.1 Å². The molecule has 178 valence electrons. The normalized spacial score (nSPS) is 22.6. The molecule has 0 radical (unpaired) electrons. The molecule has 5 atom stereocenters. The molecule has 0 fully saturated rings. The van der Waals surface area contributed by atoms with Gasteiger partial charge in [0, 0.05) is 0 Å². The van der Waals surface area contributed by atoms with Crippen LogP contribution in [0.25, 0.3) is 0 Å². The van der Waals surface area contributed by atoms with Crippen molar-refractivity contribution in [2.24, 2.45) is 0 Å². The SMILES string of the molecule is COC(=O)[C@@H](NC(=O)OC(C)(C)C)[C@@H](C)O[C@@H]1C=C[C@H](O)[C@@H](COCc2ccccc2)O1. The van der Waals surface area contributed by atoms with Gasteiger partial charge in [0.15, 0.2) is 12.3 Å². The van der Waals surface area contributed by atoms with Crippen LogP contribution in [-0.2, 0) is 35.1 Å². The van der Waals surface area contributed by atoms with E-state index >= 15 is 0 Å². The number of aliphatic hydroxyl groups excluding tert-OH is 1. The van der Waals surface area contributed by atoms with Gasteiger partial charge in [-0.15, -0.1) is 0 Å². The average Bonchev–Trinajstić information content (AvgIpc) is 2.73. The van der Waals surface area contributed by atoms with E-state index in [-0.39, 0.29) is 6.61 Å². The zero-order valence-electron chi connectivity index (χ0n) is 19.1. The van der Waals surface area contributed by atoms with Gasteiger partial charge in [0.2, 0.25) is 0 Å². The van der Waals surface area contributed by atoms with Crippen molar-refractivity contribution in [3.05, 3.63) is 48.0 Å². The monoisotopic (exact) mass is 451 g/mol. The number of methoxy groups -OCH3 is 1. The molecule has 1 heterocycles. The zero-order valence-corrected chi connectivity index (χ0v) is 19.1. The maximum atomic E-state index is 12.2. The molecule has 1 aliphatic heterocycles. The minimum absolute atomic E-state index is 0.144. The van der Waals surface area contributed by atoms with Crippen LogP contribution in [0.15, 0.2) is 42.5 Å². The first kappa shape index (κ1) is 25.8. The maximum Gasteiger partial charge on any atom is 0.408 e. The Bertz CT molecular complexity index is 761. The predicted octanol–water partition coefficient (Wildman–Crippen LogP) is 2.32. The van der Waals surface area contributed by atoms with E-state index in [2.05, 4.69) is 5.32 Å². The molecule has 32 heavy (non-hydrogen) atoms. The highest BCUT2D eigenvalue weighted by molar-refractivity contribution is 5.82. The number of aliphatic hydroxyl groups is 1. The molecule has 9 nitrogen and oxygen atoms in total. The average molecular weight is 452 g/mol. The van der Waals surface area contributed by atoms with Gasteiger partial charge in [0.25, 0.3) is 0 Å². The van der Waals surface area contributed by atoms with Crippen molar-refractivity contribution in [2.75, 3.05) is 13.7 Å². The summed E-state index contributed by atoms with van der Waals surface area (Å²) in [6, 6.07) is 8.52. The number of benzene rings is 1. The van der Waals surface area contributed by atoms with Crippen molar-refractivity contribution in [1.82, 2.24) is 5.32 Å².